The lowest BCUT2D eigenvalue weighted by atomic mass is 10.0. The van der Waals surface area contributed by atoms with Crippen LogP contribution in [0.4, 0.5) is 4.39 Å². The number of imidazole rings is 1. The Morgan fingerprint density at radius 2 is 1.78 bits per heavy atom. The Bertz CT molecular complexity index is 2120. The van der Waals surface area contributed by atoms with E-state index in [-0.39, 0.29) is 6.54 Å². The van der Waals surface area contributed by atoms with E-state index >= 15 is 0 Å². The molecule has 4 heterocycles. The molecule has 1 fully saturated rings. The summed E-state index contributed by atoms with van der Waals surface area (Å²) in [5.74, 6) is 0.851. The monoisotopic (exact) mass is 624 g/mol. The molecule has 4 N–H and O–H groups in total. The maximum absolute atomic E-state index is 14.6. The van der Waals surface area contributed by atoms with Gasteiger partial charge in [0.1, 0.15) is 11.5 Å². The third kappa shape index (κ3) is 6.48. The van der Waals surface area contributed by atoms with Crippen molar-refractivity contribution >= 4 is 32.1 Å². The summed E-state index contributed by atoms with van der Waals surface area (Å²) in [5, 5.41) is 11.9. The first-order chi connectivity index (χ1) is 21.8. The highest BCUT2D eigenvalue weighted by Gasteiger charge is 2.18. The normalized spacial score (nSPS) is 14.2. The van der Waals surface area contributed by atoms with Crippen LogP contribution in [0.1, 0.15) is 36.8 Å². The van der Waals surface area contributed by atoms with Crippen LogP contribution >= 0.6 is 0 Å². The summed E-state index contributed by atoms with van der Waals surface area (Å²) < 4.78 is 40.2. The highest BCUT2D eigenvalue weighted by Crippen LogP contribution is 2.33. The standard InChI is InChI=1S/C33H33FN8O2S/c1-45(43,44)38-17-21-9-23(12-26(34)11-21)27-7-4-8-29-30(27)40-33(39-29)31-28-13-25(19-37-32(28)42-41-31)24-10-22(16-36-18-24)15-35-14-20-5-2-3-6-20/h4,7-13,16,18-20,35,38H,2-3,5-6,14-15,17H2,1H3,(H,39,40)(H,37,41,42). The summed E-state index contributed by atoms with van der Waals surface area (Å²) in [5.41, 5.74) is 7.44. The van der Waals surface area contributed by atoms with Crippen molar-refractivity contribution in [2.24, 2.45) is 5.92 Å². The van der Waals surface area contributed by atoms with Gasteiger partial charge in [-0.25, -0.2) is 27.5 Å². The third-order valence-electron chi connectivity index (χ3n) is 8.33. The summed E-state index contributed by atoms with van der Waals surface area (Å²) in [4.78, 5) is 17.4. The van der Waals surface area contributed by atoms with Crippen LogP contribution in [0.25, 0.3) is 55.8 Å². The van der Waals surface area contributed by atoms with Crippen LogP contribution in [-0.2, 0) is 23.1 Å². The molecule has 0 aliphatic heterocycles. The number of rotatable bonds is 10. The Morgan fingerprint density at radius 1 is 0.956 bits per heavy atom. The minimum Gasteiger partial charge on any atom is -0.337 e. The molecule has 4 aromatic heterocycles. The summed E-state index contributed by atoms with van der Waals surface area (Å²) in [6, 6.07) is 14.3. The fraction of sp³-hybridized carbons (Fsp3) is 0.273. The largest absolute Gasteiger partial charge is 0.337 e. The van der Waals surface area contributed by atoms with Crippen molar-refractivity contribution in [1.29, 1.82) is 0 Å². The number of aromatic nitrogens is 6. The molecule has 45 heavy (non-hydrogen) atoms. The Balaban J connectivity index is 1.19. The van der Waals surface area contributed by atoms with Crippen molar-refractivity contribution in [3.63, 3.8) is 0 Å². The van der Waals surface area contributed by atoms with Gasteiger partial charge in [-0.15, -0.1) is 0 Å². The molecule has 0 spiro atoms. The molecule has 0 radical (unpaired) electrons. The molecule has 0 atom stereocenters. The Morgan fingerprint density at radius 3 is 2.62 bits per heavy atom. The van der Waals surface area contributed by atoms with Crippen LogP contribution in [0.5, 0.6) is 0 Å². The predicted molar refractivity (Wildman–Crippen MR) is 173 cm³/mol. The number of fused-ring (bicyclic) bond motifs is 2. The lowest BCUT2D eigenvalue weighted by Gasteiger charge is -2.11. The second kappa shape index (κ2) is 12.1. The molecule has 0 bridgehead atoms. The topological polar surface area (TPSA) is 141 Å². The third-order valence-corrected chi connectivity index (χ3v) is 8.99. The van der Waals surface area contributed by atoms with Gasteiger partial charge in [0.2, 0.25) is 10.0 Å². The molecular formula is C33H33FN8O2S. The predicted octanol–water partition coefficient (Wildman–Crippen LogP) is 5.70. The molecule has 1 saturated carbocycles. The first-order valence-electron chi connectivity index (χ1n) is 15.0. The number of sulfonamides is 1. The minimum absolute atomic E-state index is 0.0185. The summed E-state index contributed by atoms with van der Waals surface area (Å²) in [6.45, 7) is 1.79. The molecule has 10 nitrogen and oxygen atoms in total. The van der Waals surface area contributed by atoms with Gasteiger partial charge >= 0.3 is 0 Å². The molecular weight excluding hydrogens is 591 g/mol. The summed E-state index contributed by atoms with van der Waals surface area (Å²) in [6.07, 6.45) is 11.9. The van der Waals surface area contributed by atoms with Gasteiger partial charge < -0.3 is 10.3 Å². The second-order valence-corrected chi connectivity index (χ2v) is 13.6. The highest BCUT2D eigenvalue weighted by atomic mass is 32.2. The lowest BCUT2D eigenvalue weighted by Crippen LogP contribution is -2.21. The summed E-state index contributed by atoms with van der Waals surface area (Å²) >= 11 is 0. The maximum Gasteiger partial charge on any atom is 0.209 e. The van der Waals surface area contributed by atoms with Gasteiger partial charge in [0.25, 0.3) is 0 Å². The van der Waals surface area contributed by atoms with Crippen LogP contribution in [0.2, 0.25) is 0 Å². The Labute approximate surface area is 260 Å². The average Bonchev–Trinajstić information content (AvgIpc) is 3.79. The van der Waals surface area contributed by atoms with E-state index < -0.39 is 15.8 Å². The zero-order valence-electron chi connectivity index (χ0n) is 24.8. The number of halogens is 1. The fourth-order valence-electron chi connectivity index (χ4n) is 6.12. The maximum atomic E-state index is 14.6. The number of nitrogens with zero attached hydrogens (tertiary/aromatic N) is 4. The van der Waals surface area contributed by atoms with Gasteiger partial charge in [0, 0.05) is 48.4 Å². The smallest absolute Gasteiger partial charge is 0.209 e. The number of benzene rings is 2. The van der Waals surface area contributed by atoms with E-state index in [0.717, 1.165) is 52.9 Å². The van der Waals surface area contributed by atoms with E-state index in [9.17, 15) is 12.8 Å². The first kappa shape index (κ1) is 29.2. The van der Waals surface area contributed by atoms with E-state index in [1.54, 1.807) is 6.07 Å². The Kier molecular flexibility index (Phi) is 7.86. The van der Waals surface area contributed by atoms with Crippen LogP contribution in [0.3, 0.4) is 0 Å². The highest BCUT2D eigenvalue weighted by molar-refractivity contribution is 7.88. The van der Waals surface area contributed by atoms with Gasteiger partial charge in [-0.2, -0.15) is 5.10 Å². The molecule has 0 unspecified atom stereocenters. The number of aromatic amines is 2. The number of hydrogen-bond acceptors (Lipinski definition) is 7. The number of H-pyrrole nitrogens is 2. The number of para-hydroxylation sites is 1. The molecule has 12 heteroatoms. The second-order valence-electron chi connectivity index (χ2n) is 11.8. The quantitative estimate of drug-likeness (QED) is 0.153. The van der Waals surface area contributed by atoms with Crippen LogP contribution < -0.4 is 10.0 Å². The molecule has 230 valence electrons. The van der Waals surface area contributed by atoms with Crippen LogP contribution in [0, 0.1) is 11.7 Å². The SMILES string of the molecule is CS(=O)(=O)NCc1cc(F)cc(-c2cccc3[nH]c(-c4n[nH]c5ncc(-c6cncc(CNCC7CCCC7)c6)cc45)nc23)c1. The average molecular weight is 625 g/mol. The summed E-state index contributed by atoms with van der Waals surface area (Å²) in [7, 11) is -3.43. The lowest BCUT2D eigenvalue weighted by molar-refractivity contribution is 0.489. The van der Waals surface area contributed by atoms with Crippen molar-refractivity contribution in [3.05, 3.63) is 84.1 Å². The van der Waals surface area contributed by atoms with Gasteiger partial charge in [-0.3, -0.25) is 10.1 Å². The molecule has 1 aliphatic rings. The number of pyridine rings is 2. The molecule has 0 saturated heterocycles. The van der Waals surface area contributed by atoms with Crippen LogP contribution in [-0.4, -0.2) is 51.4 Å². The molecule has 1 aliphatic carbocycles. The minimum atomic E-state index is -3.43. The molecule has 7 rings (SSSR count). The number of hydrogen-bond donors (Lipinski definition) is 4. The van der Waals surface area contributed by atoms with Crippen molar-refractivity contribution in [3.8, 4) is 33.8 Å². The van der Waals surface area contributed by atoms with Gasteiger partial charge in [0.05, 0.1) is 22.7 Å². The van der Waals surface area contributed by atoms with Crippen molar-refractivity contribution < 1.29 is 12.8 Å². The zero-order valence-corrected chi connectivity index (χ0v) is 25.6. The Hall–Kier alpha value is -4.52. The zero-order chi connectivity index (χ0) is 31.0. The fourth-order valence-corrected chi connectivity index (χ4v) is 6.55. The van der Waals surface area contributed by atoms with E-state index in [2.05, 4.69) is 41.3 Å². The van der Waals surface area contributed by atoms with E-state index in [1.165, 1.54) is 37.8 Å². The van der Waals surface area contributed by atoms with Gasteiger partial charge in [-0.1, -0.05) is 25.0 Å². The number of nitrogens with one attached hydrogen (secondary N) is 4. The van der Waals surface area contributed by atoms with E-state index in [0.29, 0.717) is 39.4 Å². The van der Waals surface area contributed by atoms with Crippen LogP contribution in [0.15, 0.2) is 67.1 Å². The van der Waals surface area contributed by atoms with E-state index in [4.69, 9.17) is 4.98 Å². The molecule has 2 aromatic carbocycles. The van der Waals surface area contributed by atoms with E-state index in [1.807, 2.05) is 42.9 Å². The molecule has 0 amide bonds. The molecule has 6 aromatic rings. The van der Waals surface area contributed by atoms with Crippen molar-refractivity contribution in [1.82, 2.24) is 40.2 Å². The van der Waals surface area contributed by atoms with Crippen molar-refractivity contribution in [2.45, 2.75) is 38.8 Å². The van der Waals surface area contributed by atoms with Crippen molar-refractivity contribution in [2.75, 3.05) is 12.8 Å². The van der Waals surface area contributed by atoms with Gasteiger partial charge in [0.15, 0.2) is 11.5 Å². The first-order valence-corrected chi connectivity index (χ1v) is 16.9. The van der Waals surface area contributed by atoms with Gasteiger partial charge in [-0.05, 0) is 78.4 Å².